The second-order valence-electron chi connectivity index (χ2n) is 2.19. The molecule has 0 saturated heterocycles. The Bertz CT molecular complexity index is 354. The lowest BCUT2D eigenvalue weighted by Crippen LogP contribution is -1.96. The second kappa shape index (κ2) is 4.43. The molecule has 0 unspecified atom stereocenters. The van der Waals surface area contributed by atoms with Crippen molar-refractivity contribution in [3.8, 4) is 17.7 Å². The number of hydrogen-bond donors (Lipinski definition) is 1. The first kappa shape index (κ1) is 9.49. The van der Waals surface area contributed by atoms with Crippen LogP contribution in [-0.4, -0.2) is 18.6 Å². The van der Waals surface area contributed by atoms with Crippen LogP contribution in [0, 0.1) is 17.7 Å². The summed E-state index contributed by atoms with van der Waals surface area (Å²) in [5.41, 5.74) is 5.40. The summed E-state index contributed by atoms with van der Waals surface area (Å²) in [7, 11) is 1.35. The Kier molecular flexibility index (Phi) is 3.23. The zero-order valence-corrected chi connectivity index (χ0v) is 7.17. The smallest absolute Gasteiger partial charge is 0.251 e. The highest BCUT2D eigenvalue weighted by Crippen LogP contribution is 2.15. The quantitative estimate of drug-likeness (QED) is 0.641. The van der Waals surface area contributed by atoms with E-state index in [1.165, 1.54) is 19.4 Å². The molecule has 2 N–H and O–H groups in total. The molecule has 1 heterocycles. The van der Waals surface area contributed by atoms with Gasteiger partial charge in [-0.05, 0) is 6.07 Å². The van der Waals surface area contributed by atoms with Crippen LogP contribution in [-0.2, 0) is 0 Å². The minimum absolute atomic E-state index is 0.0520. The maximum atomic E-state index is 13.3. The van der Waals surface area contributed by atoms with Crippen LogP contribution in [0.1, 0.15) is 5.56 Å². The zero-order valence-electron chi connectivity index (χ0n) is 7.17. The third-order valence-corrected chi connectivity index (χ3v) is 1.38. The summed E-state index contributed by atoms with van der Waals surface area (Å²) < 4.78 is 17.9. The molecule has 1 aromatic rings. The summed E-state index contributed by atoms with van der Waals surface area (Å²) in [6.07, 6.45) is 1.43. The van der Waals surface area contributed by atoms with E-state index >= 15 is 0 Å². The molecule has 0 aromatic carbocycles. The molecule has 0 radical (unpaired) electrons. The molecule has 0 spiro atoms. The first-order chi connectivity index (χ1) is 6.29. The summed E-state index contributed by atoms with van der Waals surface area (Å²) >= 11 is 0. The van der Waals surface area contributed by atoms with E-state index < -0.39 is 5.82 Å². The third kappa shape index (κ3) is 2.17. The summed E-state index contributed by atoms with van der Waals surface area (Å²) in [6.45, 7) is 0.198. The normalized spacial score (nSPS) is 8.85. The van der Waals surface area contributed by atoms with Crippen molar-refractivity contribution < 1.29 is 9.13 Å². The van der Waals surface area contributed by atoms with Gasteiger partial charge in [0.1, 0.15) is 0 Å². The van der Waals surface area contributed by atoms with Crippen LogP contribution < -0.4 is 10.5 Å². The predicted molar refractivity (Wildman–Crippen MR) is 46.7 cm³/mol. The molecule has 0 aliphatic rings. The molecule has 3 nitrogen and oxygen atoms in total. The van der Waals surface area contributed by atoms with Gasteiger partial charge in [0.05, 0.1) is 19.2 Å². The van der Waals surface area contributed by atoms with Crippen LogP contribution >= 0.6 is 0 Å². The van der Waals surface area contributed by atoms with Crippen molar-refractivity contribution in [2.45, 2.75) is 0 Å². The van der Waals surface area contributed by atoms with Gasteiger partial charge in [0, 0.05) is 6.20 Å². The molecular formula is C9H9FN2O. The van der Waals surface area contributed by atoms with Gasteiger partial charge < -0.3 is 10.5 Å². The Hall–Kier alpha value is -1.60. The highest BCUT2D eigenvalue weighted by molar-refractivity contribution is 5.38. The van der Waals surface area contributed by atoms with Gasteiger partial charge in [0.2, 0.25) is 5.82 Å². The molecule has 0 aliphatic heterocycles. The van der Waals surface area contributed by atoms with Gasteiger partial charge in [0.15, 0.2) is 0 Å². The molecule has 0 fully saturated rings. The van der Waals surface area contributed by atoms with Crippen molar-refractivity contribution in [3.05, 3.63) is 23.6 Å². The largest absolute Gasteiger partial charge is 0.479 e. The lowest BCUT2D eigenvalue weighted by molar-refractivity contribution is 0.368. The second-order valence-corrected chi connectivity index (χ2v) is 2.19. The first-order valence-corrected chi connectivity index (χ1v) is 3.67. The Morgan fingerprint density at radius 3 is 3.08 bits per heavy atom. The van der Waals surface area contributed by atoms with Crippen molar-refractivity contribution in [3.63, 3.8) is 0 Å². The minimum atomic E-state index is -0.550. The average molecular weight is 180 g/mol. The van der Waals surface area contributed by atoms with Crippen LogP contribution in [0.25, 0.3) is 0 Å². The molecule has 1 aromatic heterocycles. The van der Waals surface area contributed by atoms with Crippen LogP contribution in [0.4, 0.5) is 4.39 Å². The number of methoxy groups -OCH3 is 1. The number of hydrogen-bond acceptors (Lipinski definition) is 3. The van der Waals surface area contributed by atoms with Gasteiger partial charge in [-0.2, -0.15) is 4.39 Å². The standard InChI is InChI=1S/C9H9FN2O/c1-13-9-8(10)7(3-2-5-11)4-6-12-9/h4,6H,5,11H2,1H3. The van der Waals surface area contributed by atoms with Crippen molar-refractivity contribution >= 4 is 0 Å². The van der Waals surface area contributed by atoms with E-state index in [9.17, 15) is 4.39 Å². The van der Waals surface area contributed by atoms with E-state index in [1.54, 1.807) is 0 Å². The predicted octanol–water partition coefficient (Wildman–Crippen LogP) is 0.540. The van der Waals surface area contributed by atoms with E-state index in [4.69, 9.17) is 5.73 Å². The lowest BCUT2D eigenvalue weighted by atomic mass is 10.2. The number of ether oxygens (including phenoxy) is 1. The zero-order chi connectivity index (χ0) is 9.68. The number of aromatic nitrogens is 1. The van der Waals surface area contributed by atoms with Gasteiger partial charge in [-0.25, -0.2) is 4.98 Å². The van der Waals surface area contributed by atoms with Crippen molar-refractivity contribution in [2.75, 3.05) is 13.7 Å². The summed E-state index contributed by atoms with van der Waals surface area (Å²) in [5, 5.41) is 0. The van der Waals surface area contributed by atoms with Crippen LogP contribution in [0.3, 0.4) is 0 Å². The number of nitrogens with zero attached hydrogens (tertiary/aromatic N) is 1. The molecule has 0 saturated carbocycles. The highest BCUT2D eigenvalue weighted by Gasteiger charge is 2.06. The number of rotatable bonds is 1. The van der Waals surface area contributed by atoms with E-state index in [2.05, 4.69) is 21.6 Å². The van der Waals surface area contributed by atoms with E-state index in [1.807, 2.05) is 0 Å². The number of pyridine rings is 1. The SMILES string of the molecule is COc1nccc(C#CCN)c1F. The fraction of sp³-hybridized carbons (Fsp3) is 0.222. The lowest BCUT2D eigenvalue weighted by Gasteiger charge is -2.00. The molecular weight excluding hydrogens is 171 g/mol. The fourth-order valence-corrected chi connectivity index (χ4v) is 0.810. The molecule has 0 bridgehead atoms. The first-order valence-electron chi connectivity index (χ1n) is 3.67. The van der Waals surface area contributed by atoms with E-state index in [0.717, 1.165) is 0 Å². The number of nitrogens with two attached hydrogens (primary N) is 1. The van der Waals surface area contributed by atoms with Crippen LogP contribution in [0.15, 0.2) is 12.3 Å². The maximum absolute atomic E-state index is 13.3. The monoisotopic (exact) mass is 180 g/mol. The van der Waals surface area contributed by atoms with Gasteiger partial charge in [0.25, 0.3) is 5.88 Å². The molecule has 0 atom stereocenters. The Balaban J connectivity index is 3.08. The Morgan fingerprint density at radius 2 is 2.46 bits per heavy atom. The molecule has 68 valence electrons. The van der Waals surface area contributed by atoms with Gasteiger partial charge in [-0.1, -0.05) is 11.8 Å². The van der Waals surface area contributed by atoms with Crippen molar-refractivity contribution in [1.82, 2.24) is 4.98 Å². The maximum Gasteiger partial charge on any atom is 0.251 e. The summed E-state index contributed by atoms with van der Waals surface area (Å²) in [4.78, 5) is 3.67. The topological polar surface area (TPSA) is 48.1 Å². The summed E-state index contributed by atoms with van der Waals surface area (Å²) in [6, 6.07) is 1.47. The third-order valence-electron chi connectivity index (χ3n) is 1.38. The van der Waals surface area contributed by atoms with Crippen molar-refractivity contribution in [2.24, 2.45) is 5.73 Å². The van der Waals surface area contributed by atoms with Gasteiger partial charge in [-0.15, -0.1) is 0 Å². The Labute approximate surface area is 75.7 Å². The molecule has 0 amide bonds. The minimum Gasteiger partial charge on any atom is -0.479 e. The molecule has 13 heavy (non-hydrogen) atoms. The van der Waals surface area contributed by atoms with Crippen LogP contribution in [0.2, 0.25) is 0 Å². The van der Waals surface area contributed by atoms with Crippen molar-refractivity contribution in [1.29, 1.82) is 0 Å². The molecule has 4 heteroatoms. The molecule has 1 rings (SSSR count). The van der Waals surface area contributed by atoms with Gasteiger partial charge in [-0.3, -0.25) is 0 Å². The molecule has 0 aliphatic carbocycles. The Morgan fingerprint density at radius 1 is 1.69 bits per heavy atom. The highest BCUT2D eigenvalue weighted by atomic mass is 19.1. The summed E-state index contributed by atoms with van der Waals surface area (Å²) in [5.74, 6) is 4.53. The van der Waals surface area contributed by atoms with Gasteiger partial charge >= 0.3 is 0 Å². The average Bonchev–Trinajstić information content (AvgIpc) is 2.16. The van der Waals surface area contributed by atoms with E-state index in [0.29, 0.717) is 0 Å². The van der Waals surface area contributed by atoms with Crippen LogP contribution in [0.5, 0.6) is 5.88 Å². The van der Waals surface area contributed by atoms with E-state index in [-0.39, 0.29) is 18.0 Å². The fourth-order valence-electron chi connectivity index (χ4n) is 0.810. The number of halogens is 1.